The molecule has 0 aromatic heterocycles. The summed E-state index contributed by atoms with van der Waals surface area (Å²) in [5, 5.41) is 2.03. The van der Waals surface area contributed by atoms with E-state index in [1.165, 1.54) is 6.07 Å². The fraction of sp³-hybridized carbons (Fsp3) is 0.333. The fourth-order valence-corrected chi connectivity index (χ4v) is 5.94. The van der Waals surface area contributed by atoms with E-state index < -0.39 is 53.0 Å². The Bertz CT molecular complexity index is 1710. The summed E-state index contributed by atoms with van der Waals surface area (Å²) in [4.78, 5) is 27.5. The number of alkyl halides is 3. The van der Waals surface area contributed by atoms with Gasteiger partial charge in [-0.1, -0.05) is 66.7 Å². The summed E-state index contributed by atoms with van der Waals surface area (Å²) < 4.78 is 59.2. The van der Waals surface area contributed by atoms with Crippen LogP contribution < -0.4 is 4.74 Å². The van der Waals surface area contributed by atoms with Crippen molar-refractivity contribution in [2.45, 2.75) is 64.0 Å². The minimum absolute atomic E-state index is 0.122. The summed E-state index contributed by atoms with van der Waals surface area (Å²) in [6, 6.07) is 24.3. The van der Waals surface area contributed by atoms with Gasteiger partial charge >= 0.3 is 18.2 Å². The van der Waals surface area contributed by atoms with Crippen LogP contribution >= 0.6 is 0 Å². The minimum atomic E-state index is -4.77. The Morgan fingerprint density at radius 1 is 0.956 bits per heavy atom. The highest BCUT2D eigenvalue weighted by Crippen LogP contribution is 2.43. The number of ether oxygens (including phenoxy) is 3. The van der Waals surface area contributed by atoms with Crippen molar-refractivity contribution in [3.63, 3.8) is 0 Å². The molecule has 0 spiro atoms. The maximum absolute atomic E-state index is 14.1. The van der Waals surface area contributed by atoms with E-state index in [9.17, 15) is 22.8 Å². The normalized spacial score (nSPS) is 17.2. The van der Waals surface area contributed by atoms with Crippen molar-refractivity contribution in [3.05, 3.63) is 113 Å². The first-order valence-corrected chi connectivity index (χ1v) is 14.8. The summed E-state index contributed by atoms with van der Waals surface area (Å²) in [5.41, 5.74) is -0.343. The lowest BCUT2D eigenvalue weighted by atomic mass is 9.82. The molecule has 6 nitrogen and oxygen atoms in total. The molecule has 9 heteroatoms. The van der Waals surface area contributed by atoms with Crippen LogP contribution in [0.3, 0.4) is 0 Å². The van der Waals surface area contributed by atoms with Crippen LogP contribution in [0.25, 0.3) is 10.8 Å². The molecule has 5 rings (SSSR count). The molecule has 4 aromatic carbocycles. The average molecular weight is 620 g/mol. The molecular formula is C36H36F3NO5. The zero-order valence-electron chi connectivity index (χ0n) is 25.9. The van der Waals surface area contributed by atoms with Crippen molar-refractivity contribution >= 4 is 22.8 Å². The van der Waals surface area contributed by atoms with Gasteiger partial charge < -0.3 is 14.2 Å². The number of carbonyl (C=O) groups excluding carboxylic acids is 2. The number of amides is 1. The molecule has 1 aliphatic heterocycles. The SMILES string of the molecule is COC(=O)c1ccc(C2C[C@H](CN(C(=O)OC(C)(C)C)[C@H](C)c3cccc4ccccc34)Oc3ccccc32)cc1C(F)(F)F. The number of carbonyl (C=O) groups is 2. The molecule has 3 atom stereocenters. The number of hydrogen-bond donors (Lipinski definition) is 0. The summed E-state index contributed by atoms with van der Waals surface area (Å²) >= 11 is 0. The predicted octanol–water partition coefficient (Wildman–Crippen LogP) is 8.93. The Morgan fingerprint density at radius 2 is 1.64 bits per heavy atom. The molecular weight excluding hydrogens is 583 g/mol. The number of esters is 1. The van der Waals surface area contributed by atoms with Crippen LogP contribution in [0.15, 0.2) is 84.9 Å². The van der Waals surface area contributed by atoms with Gasteiger partial charge in [0, 0.05) is 11.5 Å². The maximum Gasteiger partial charge on any atom is 0.417 e. The van der Waals surface area contributed by atoms with Crippen LogP contribution in [0.1, 0.15) is 78.7 Å². The molecule has 1 unspecified atom stereocenters. The Labute approximate surface area is 260 Å². The topological polar surface area (TPSA) is 65.1 Å². The van der Waals surface area contributed by atoms with Gasteiger partial charge in [-0.2, -0.15) is 13.2 Å². The smallest absolute Gasteiger partial charge is 0.417 e. The first-order valence-electron chi connectivity index (χ1n) is 14.8. The lowest BCUT2D eigenvalue weighted by Gasteiger charge is -2.38. The van der Waals surface area contributed by atoms with Gasteiger partial charge in [0.15, 0.2) is 0 Å². The number of methoxy groups -OCH3 is 1. The number of nitrogens with zero attached hydrogens (tertiary/aromatic N) is 1. The third-order valence-electron chi connectivity index (χ3n) is 8.01. The second-order valence-electron chi connectivity index (χ2n) is 12.2. The molecule has 0 bridgehead atoms. The number of hydrogen-bond acceptors (Lipinski definition) is 5. The zero-order valence-corrected chi connectivity index (χ0v) is 25.9. The lowest BCUT2D eigenvalue weighted by molar-refractivity contribution is -0.138. The summed E-state index contributed by atoms with van der Waals surface area (Å²) in [6.07, 6.45) is -5.59. The highest BCUT2D eigenvalue weighted by Gasteiger charge is 2.39. The number of para-hydroxylation sites is 1. The first kappa shape index (κ1) is 31.9. The van der Waals surface area contributed by atoms with Gasteiger partial charge in [-0.15, -0.1) is 0 Å². The monoisotopic (exact) mass is 619 g/mol. The standard InChI is InChI=1S/C36H36F3NO5/c1-22(26-15-10-12-23-11-6-7-13-27(23)26)40(34(42)45-35(2,3)4)21-25-20-30(28-14-8-9-16-32(28)44-25)24-17-18-29(33(41)43-5)31(19-24)36(37,38)39/h6-19,22,25,30H,20-21H2,1-5H3/t22-,25-,30?/m1/s1. The summed E-state index contributed by atoms with van der Waals surface area (Å²) in [5.74, 6) is -1.04. The quantitative estimate of drug-likeness (QED) is 0.202. The average Bonchev–Trinajstić information content (AvgIpc) is 3.00. The van der Waals surface area contributed by atoms with Crippen molar-refractivity contribution < 1.29 is 37.0 Å². The molecule has 0 N–H and O–H groups in total. The van der Waals surface area contributed by atoms with Crippen molar-refractivity contribution in [1.29, 1.82) is 0 Å². The highest BCUT2D eigenvalue weighted by molar-refractivity contribution is 5.91. The van der Waals surface area contributed by atoms with Crippen LogP contribution in [-0.2, 0) is 15.7 Å². The number of rotatable bonds is 6. The van der Waals surface area contributed by atoms with E-state index in [-0.39, 0.29) is 13.0 Å². The molecule has 0 fully saturated rings. The second-order valence-corrected chi connectivity index (χ2v) is 12.2. The molecule has 0 saturated carbocycles. The van der Waals surface area contributed by atoms with E-state index >= 15 is 0 Å². The second kappa shape index (κ2) is 12.5. The van der Waals surface area contributed by atoms with E-state index in [0.717, 1.165) is 41.1 Å². The van der Waals surface area contributed by atoms with Gasteiger partial charge in [0.05, 0.1) is 30.8 Å². The number of benzene rings is 4. The van der Waals surface area contributed by atoms with Crippen LogP contribution in [0.2, 0.25) is 0 Å². The molecule has 0 radical (unpaired) electrons. The van der Waals surface area contributed by atoms with Gasteiger partial charge in [-0.3, -0.25) is 4.90 Å². The molecule has 45 heavy (non-hydrogen) atoms. The van der Waals surface area contributed by atoms with Gasteiger partial charge in [0.1, 0.15) is 17.5 Å². The van der Waals surface area contributed by atoms with Crippen molar-refractivity contribution in [3.8, 4) is 5.75 Å². The van der Waals surface area contributed by atoms with E-state index in [1.54, 1.807) is 43.9 Å². The van der Waals surface area contributed by atoms with Gasteiger partial charge in [0.25, 0.3) is 0 Å². The van der Waals surface area contributed by atoms with Crippen LogP contribution in [0.5, 0.6) is 5.75 Å². The highest BCUT2D eigenvalue weighted by atomic mass is 19.4. The molecule has 0 aliphatic carbocycles. The third-order valence-corrected chi connectivity index (χ3v) is 8.01. The minimum Gasteiger partial charge on any atom is -0.488 e. The van der Waals surface area contributed by atoms with E-state index in [4.69, 9.17) is 9.47 Å². The van der Waals surface area contributed by atoms with Gasteiger partial charge in [0.2, 0.25) is 0 Å². The molecule has 236 valence electrons. The molecule has 1 amide bonds. The zero-order chi connectivity index (χ0) is 32.5. The Morgan fingerprint density at radius 3 is 2.36 bits per heavy atom. The maximum atomic E-state index is 14.1. The van der Waals surface area contributed by atoms with Crippen molar-refractivity contribution in [2.24, 2.45) is 0 Å². The lowest BCUT2D eigenvalue weighted by Crippen LogP contribution is -2.45. The van der Waals surface area contributed by atoms with E-state index in [2.05, 4.69) is 4.74 Å². The Kier molecular flexibility index (Phi) is 8.83. The van der Waals surface area contributed by atoms with Crippen molar-refractivity contribution in [2.75, 3.05) is 13.7 Å². The summed E-state index contributed by atoms with van der Waals surface area (Å²) in [7, 11) is 1.05. The molecule has 1 aliphatic rings. The third kappa shape index (κ3) is 6.92. The number of fused-ring (bicyclic) bond motifs is 2. The first-order chi connectivity index (χ1) is 21.3. The largest absolute Gasteiger partial charge is 0.488 e. The van der Waals surface area contributed by atoms with Crippen molar-refractivity contribution in [1.82, 2.24) is 4.90 Å². The Hall–Kier alpha value is -4.53. The Balaban J connectivity index is 1.54. The molecule has 0 saturated heterocycles. The molecule has 1 heterocycles. The molecule has 4 aromatic rings. The predicted molar refractivity (Wildman–Crippen MR) is 165 cm³/mol. The van der Waals surface area contributed by atoms with Crippen LogP contribution in [-0.4, -0.2) is 42.3 Å². The van der Waals surface area contributed by atoms with E-state index in [1.807, 2.05) is 55.5 Å². The van der Waals surface area contributed by atoms with Gasteiger partial charge in [-0.25, -0.2) is 9.59 Å². The van der Waals surface area contributed by atoms with Crippen LogP contribution in [0, 0.1) is 0 Å². The van der Waals surface area contributed by atoms with Gasteiger partial charge in [-0.05, 0) is 74.2 Å². The van der Waals surface area contributed by atoms with Crippen LogP contribution in [0.4, 0.5) is 18.0 Å². The summed E-state index contributed by atoms with van der Waals surface area (Å²) in [6.45, 7) is 7.44. The number of halogens is 3. The van der Waals surface area contributed by atoms with E-state index in [0.29, 0.717) is 11.3 Å². The fourth-order valence-electron chi connectivity index (χ4n) is 5.94.